The Morgan fingerprint density at radius 2 is 0.848 bits per heavy atom. The van der Waals surface area contributed by atoms with Crippen LogP contribution in [-0.4, -0.2) is 29.1 Å². The molecule has 0 unspecified atom stereocenters. The summed E-state index contributed by atoms with van der Waals surface area (Å²) in [6.45, 7) is 0. The van der Waals surface area contributed by atoms with Crippen LogP contribution in [0.2, 0.25) is 0 Å². The number of fused-ring (bicyclic) bond motifs is 6. The van der Waals surface area contributed by atoms with Crippen LogP contribution in [0.15, 0.2) is 195 Å². The predicted molar refractivity (Wildman–Crippen MR) is 251 cm³/mol. The van der Waals surface area contributed by atoms with Gasteiger partial charge in [-0.1, -0.05) is 96.0 Å². The van der Waals surface area contributed by atoms with E-state index in [0.717, 1.165) is 50.1 Å². The zero-order valence-corrected chi connectivity index (χ0v) is 37.7. The van der Waals surface area contributed by atoms with Crippen molar-refractivity contribution in [3.63, 3.8) is 0 Å². The molecule has 0 amide bonds. The van der Waals surface area contributed by atoms with Crippen LogP contribution in [0.4, 0.5) is 0 Å². The molecule has 0 saturated carbocycles. The summed E-state index contributed by atoms with van der Waals surface area (Å²) in [5.74, 6) is 2.53. The third-order valence-electron chi connectivity index (χ3n) is 11.3. The van der Waals surface area contributed by atoms with Crippen LogP contribution >= 0.6 is 0 Å². The summed E-state index contributed by atoms with van der Waals surface area (Å²) < 4.78 is 17.1. The van der Waals surface area contributed by atoms with E-state index in [1.54, 1.807) is 12.4 Å². The van der Waals surface area contributed by atoms with Gasteiger partial charge in [-0.3, -0.25) is 0 Å². The smallest absolute Gasteiger partial charge is 0.503 e. The molecule has 0 atom stereocenters. The molecule has 66 heavy (non-hydrogen) atoms. The number of aromatic nitrogens is 6. The van der Waals surface area contributed by atoms with Crippen LogP contribution < -0.4 is 9.47 Å². The first-order chi connectivity index (χ1) is 31.7. The molecule has 8 nitrogen and oxygen atoms in total. The molecule has 0 N–H and O–H groups in total. The van der Waals surface area contributed by atoms with E-state index in [1.165, 1.54) is 21.8 Å². The van der Waals surface area contributed by atoms with Gasteiger partial charge in [-0.25, -0.2) is 9.97 Å². The van der Waals surface area contributed by atoms with Crippen LogP contribution in [0.25, 0.3) is 88.9 Å². The van der Waals surface area contributed by atoms with Crippen LogP contribution in [0.3, 0.4) is 0 Å². The second-order valence-corrected chi connectivity index (χ2v) is 15.2. The topological polar surface area (TPSA) is 79.9 Å². The molecule has 318 valence electrons. The number of hydrogen-bond donors (Lipinski definition) is 0. The third kappa shape index (κ3) is 7.87. The Bertz CT molecular complexity index is 3480. The minimum absolute atomic E-state index is 0. The van der Waals surface area contributed by atoms with Gasteiger partial charge in [0.05, 0.1) is 11.0 Å². The maximum absolute atomic E-state index is 6.41. The van der Waals surface area contributed by atoms with Crippen LogP contribution in [0.1, 0.15) is 0 Å². The summed E-state index contributed by atoms with van der Waals surface area (Å²) in [7, 11) is 0. The SMILES string of the molecule is [Pd+2].[Pd+2].[c-]1c(Oc2[c-]c3c(cc2)c2ccc(Oc4[c-]c(-c5ccccn5)ccc4)[c-]c2n3-c2ncc(-c3ccc(-n4c5ccccc5c5ccccc54)cc3)cn2)cccc1-c1ccccn1. The van der Waals surface area contributed by atoms with Crippen molar-refractivity contribution >= 4 is 43.6 Å². The molecule has 0 saturated heterocycles. The molecule has 0 spiro atoms. The number of hydrogen-bond acceptors (Lipinski definition) is 6. The fourth-order valence-corrected chi connectivity index (χ4v) is 8.33. The average Bonchev–Trinajstić information content (AvgIpc) is 3.87. The Hall–Kier alpha value is -7.56. The van der Waals surface area contributed by atoms with Gasteiger partial charge in [0.2, 0.25) is 5.95 Å². The summed E-state index contributed by atoms with van der Waals surface area (Å²) >= 11 is 0. The van der Waals surface area contributed by atoms with Crippen molar-refractivity contribution in [1.29, 1.82) is 0 Å². The van der Waals surface area contributed by atoms with E-state index in [1.807, 2.05) is 114 Å². The van der Waals surface area contributed by atoms with Crippen molar-refractivity contribution in [2.45, 2.75) is 0 Å². The van der Waals surface area contributed by atoms with E-state index >= 15 is 0 Å². The summed E-state index contributed by atoms with van der Waals surface area (Å²) in [5.41, 5.74) is 9.99. The molecular weight excluding hydrogens is 1000 g/mol. The predicted octanol–water partition coefficient (Wildman–Crippen LogP) is 13.2. The van der Waals surface area contributed by atoms with E-state index in [9.17, 15) is 0 Å². The van der Waals surface area contributed by atoms with Crippen LogP contribution in [-0.2, 0) is 40.8 Å². The molecule has 0 aliphatic heterocycles. The van der Waals surface area contributed by atoms with Crippen molar-refractivity contribution in [3.05, 3.63) is 219 Å². The van der Waals surface area contributed by atoms with Gasteiger partial charge < -0.3 is 28.6 Å². The first-order valence-corrected chi connectivity index (χ1v) is 20.8. The molecule has 12 aromatic rings. The fraction of sp³-hybridized carbons (Fsp3) is 0. The largest absolute Gasteiger partial charge is 2.00 e. The maximum atomic E-state index is 6.41. The van der Waals surface area contributed by atoms with E-state index in [4.69, 9.17) is 19.4 Å². The van der Waals surface area contributed by atoms with E-state index < -0.39 is 0 Å². The van der Waals surface area contributed by atoms with Gasteiger partial charge >= 0.3 is 40.8 Å². The number of rotatable bonds is 9. The monoisotopic (exact) mass is 1030 g/mol. The average molecular weight is 1030 g/mol. The zero-order valence-electron chi connectivity index (χ0n) is 34.6. The second-order valence-electron chi connectivity index (χ2n) is 15.2. The fourth-order valence-electron chi connectivity index (χ4n) is 8.33. The second kappa shape index (κ2) is 18.1. The minimum atomic E-state index is 0. The van der Waals surface area contributed by atoms with Gasteiger partial charge in [0.25, 0.3) is 0 Å². The molecule has 0 fully saturated rings. The molecule has 0 radical (unpaired) electrons. The zero-order chi connectivity index (χ0) is 42.4. The molecule has 7 aromatic carbocycles. The number of ether oxygens (including phenoxy) is 2. The van der Waals surface area contributed by atoms with Gasteiger partial charge in [-0.05, 0) is 53.3 Å². The molecule has 5 aromatic heterocycles. The Morgan fingerprint density at radius 1 is 0.364 bits per heavy atom. The van der Waals surface area contributed by atoms with Crippen molar-refractivity contribution in [3.8, 4) is 68.3 Å². The Kier molecular flexibility index (Phi) is 11.7. The van der Waals surface area contributed by atoms with Crippen molar-refractivity contribution in [2.75, 3.05) is 0 Å². The Labute approximate surface area is 407 Å². The molecule has 12 rings (SSSR count). The van der Waals surface area contributed by atoms with Gasteiger partial charge in [-0.15, -0.1) is 71.8 Å². The van der Waals surface area contributed by atoms with Crippen molar-refractivity contribution in [2.24, 2.45) is 0 Å². The number of para-hydroxylation sites is 2. The van der Waals surface area contributed by atoms with Crippen molar-refractivity contribution < 1.29 is 50.3 Å². The van der Waals surface area contributed by atoms with Crippen LogP contribution in [0.5, 0.6) is 23.0 Å². The maximum Gasteiger partial charge on any atom is 2.00 e. The molecular formula is C56H32N6O2Pd2. The van der Waals surface area contributed by atoms with Gasteiger partial charge in [0, 0.05) is 69.8 Å². The first-order valence-electron chi connectivity index (χ1n) is 20.8. The number of pyridine rings is 2. The first kappa shape index (κ1) is 42.4. The Balaban J connectivity index is 0.00000256. The van der Waals surface area contributed by atoms with E-state index in [-0.39, 0.29) is 40.8 Å². The molecule has 0 aliphatic rings. The standard InChI is InChI=1S/C56H32N6O2.2Pd/c1-3-19-52-46(15-1)47-16-2-4-20-53(47)61(52)41-23-21-37(22-24-41)40-35-59-56(60-36-40)62-54-33-44(63-42-13-9-11-38(31-42)50-17-5-7-29-57-50)25-27-48(54)49-28-26-45(34-55(49)62)64-43-14-10-12-39(32-43)51-18-6-8-30-58-51;;/h1-30,35-36H;;/q-4;2*+2. The van der Waals surface area contributed by atoms with E-state index in [2.05, 4.69) is 112 Å². The Morgan fingerprint density at radius 3 is 1.35 bits per heavy atom. The summed E-state index contributed by atoms with van der Waals surface area (Å²) in [4.78, 5) is 18.9. The van der Waals surface area contributed by atoms with E-state index in [0.29, 0.717) is 40.0 Å². The summed E-state index contributed by atoms with van der Waals surface area (Å²) in [5, 5.41) is 4.30. The van der Waals surface area contributed by atoms with Gasteiger partial charge in [0.1, 0.15) is 0 Å². The third-order valence-corrected chi connectivity index (χ3v) is 11.3. The summed E-state index contributed by atoms with van der Waals surface area (Å²) in [6.07, 6.45) is 7.24. The molecule has 0 aliphatic carbocycles. The van der Waals surface area contributed by atoms with Gasteiger partial charge in [0.15, 0.2) is 0 Å². The minimum Gasteiger partial charge on any atom is -0.503 e. The molecule has 10 heteroatoms. The normalized spacial score (nSPS) is 11.1. The number of benzene rings is 7. The van der Waals surface area contributed by atoms with Crippen LogP contribution in [0, 0.1) is 24.3 Å². The molecule has 0 bridgehead atoms. The van der Waals surface area contributed by atoms with Crippen molar-refractivity contribution in [1.82, 2.24) is 29.1 Å². The number of nitrogens with zero attached hydrogens (tertiary/aromatic N) is 6. The molecule has 5 heterocycles. The van der Waals surface area contributed by atoms with Gasteiger partial charge in [-0.2, -0.15) is 22.9 Å². The quantitative estimate of drug-likeness (QED) is 0.106. The summed E-state index contributed by atoms with van der Waals surface area (Å²) in [6, 6.07) is 70.3.